The van der Waals surface area contributed by atoms with Crippen LogP contribution in [0.4, 0.5) is 0 Å². The Morgan fingerprint density at radius 2 is 1.25 bits per heavy atom. The highest BCUT2D eigenvalue weighted by molar-refractivity contribution is 5.81. The molecule has 4 aliphatic heterocycles. The van der Waals surface area contributed by atoms with E-state index in [0.29, 0.717) is 19.3 Å². The maximum absolute atomic E-state index is 12.8. The highest BCUT2D eigenvalue weighted by Gasteiger charge is 2.57. The molecule has 24 nitrogen and oxygen atoms in total. The van der Waals surface area contributed by atoms with Crippen LogP contribution in [0.15, 0.2) is 12.2 Å². The molecular formula is C43H71O24+. The molecule has 0 bridgehead atoms. The summed E-state index contributed by atoms with van der Waals surface area (Å²) in [6.45, 7) is -1.75. The SMILES string of the molecule is COC1CC(C=CC(=O)OC[C@H]2O[C@@H](OC[C@H]3O[C@@H](OC4CC5C(O)CC(O)CC5[OH+]C4C4CCC(O)C(O)C4)[C@H](O[C@@H]4OC[C@@H](O)[C@H](O)[C@H]4O)[C@@H](O)[C@H]3O)[C@H](O)[C@@H](O)[C@@H]2O)CC(OC)C1O. The number of methoxy groups -OCH3 is 2. The van der Waals surface area contributed by atoms with Gasteiger partial charge in [-0.1, -0.05) is 6.08 Å². The third-order valence-corrected chi connectivity index (χ3v) is 14.7. The predicted molar refractivity (Wildman–Crippen MR) is 220 cm³/mol. The van der Waals surface area contributed by atoms with E-state index in [-0.39, 0.29) is 43.9 Å². The lowest BCUT2D eigenvalue weighted by atomic mass is 9.72. The molecule has 0 amide bonds. The van der Waals surface area contributed by atoms with E-state index in [4.69, 9.17) is 47.4 Å². The smallest absolute Gasteiger partial charge is 0.330 e. The third kappa shape index (κ3) is 12.2. The van der Waals surface area contributed by atoms with Gasteiger partial charge < -0.3 is 114 Å². The molecule has 0 aromatic rings. The van der Waals surface area contributed by atoms with Crippen LogP contribution >= 0.6 is 0 Å². The Balaban J connectivity index is 1.05. The summed E-state index contributed by atoms with van der Waals surface area (Å²) in [5.41, 5.74) is 0. The van der Waals surface area contributed by atoms with Gasteiger partial charge in [-0.05, 0) is 44.4 Å². The molecule has 11 unspecified atom stereocenters. The second-order valence-corrected chi connectivity index (χ2v) is 19.2. The molecule has 67 heavy (non-hydrogen) atoms. The maximum Gasteiger partial charge on any atom is 0.330 e. The van der Waals surface area contributed by atoms with Crippen LogP contribution < -0.4 is 0 Å². The van der Waals surface area contributed by atoms with E-state index in [1.807, 2.05) is 0 Å². The second kappa shape index (κ2) is 23.3. The van der Waals surface area contributed by atoms with Crippen molar-refractivity contribution in [3.05, 3.63) is 12.2 Å². The Bertz CT molecular complexity index is 1580. The van der Waals surface area contributed by atoms with Gasteiger partial charge in [0.05, 0.1) is 55.8 Å². The number of esters is 1. The van der Waals surface area contributed by atoms with E-state index in [0.717, 1.165) is 6.08 Å². The lowest BCUT2D eigenvalue weighted by Crippen LogP contribution is -2.65. The normalized spacial score (nSPS) is 51.0. The van der Waals surface area contributed by atoms with Crippen LogP contribution in [0.3, 0.4) is 0 Å². The van der Waals surface area contributed by atoms with Crippen molar-refractivity contribution in [1.29, 1.82) is 0 Å². The molecule has 3 saturated carbocycles. The number of carbonyl (C=O) groups excluding carboxylic acids is 1. The predicted octanol–water partition coefficient (Wildman–Crippen LogP) is -6.31. The molecule has 0 aromatic heterocycles. The maximum atomic E-state index is 12.8. The summed E-state index contributed by atoms with van der Waals surface area (Å²) in [5, 5.41) is 140. The zero-order valence-electron chi connectivity index (χ0n) is 37.4. The number of carbonyl (C=O) groups is 1. The number of fused-ring (bicyclic) bond motifs is 1. The lowest BCUT2D eigenvalue weighted by Gasteiger charge is -2.49. The average Bonchev–Trinajstić information content (AvgIpc) is 3.30. The molecule has 386 valence electrons. The molecule has 7 aliphatic rings. The van der Waals surface area contributed by atoms with Crippen molar-refractivity contribution in [3.8, 4) is 0 Å². The largest absolute Gasteiger partial charge is 0.460 e. The third-order valence-electron chi connectivity index (χ3n) is 14.7. The van der Waals surface area contributed by atoms with Gasteiger partial charge in [0.1, 0.15) is 86.0 Å². The Hall–Kier alpha value is -1.67. The van der Waals surface area contributed by atoms with Gasteiger partial charge in [0.25, 0.3) is 0 Å². The minimum atomic E-state index is -1.91. The van der Waals surface area contributed by atoms with Crippen molar-refractivity contribution in [2.45, 2.75) is 198 Å². The first-order chi connectivity index (χ1) is 31.9. The first kappa shape index (κ1) is 53.1. The number of ether oxygens (including phenoxy) is 10. The monoisotopic (exact) mass is 971 g/mol. The molecule has 3 aliphatic carbocycles. The van der Waals surface area contributed by atoms with E-state index in [1.165, 1.54) is 14.2 Å². The van der Waals surface area contributed by atoms with Crippen molar-refractivity contribution >= 4 is 5.97 Å². The van der Waals surface area contributed by atoms with Crippen molar-refractivity contribution < 1.29 is 119 Å². The number of aliphatic hydroxyl groups excluding tert-OH is 13. The molecule has 0 radical (unpaired) electrons. The molecule has 4 saturated heterocycles. The fourth-order valence-electron chi connectivity index (χ4n) is 10.7. The number of aliphatic hydroxyl groups is 15. The van der Waals surface area contributed by atoms with E-state index >= 15 is 0 Å². The van der Waals surface area contributed by atoms with Gasteiger partial charge in [-0.3, -0.25) is 0 Å². The standard InChI is InChI=1S/C43H70O24/c1-58-25-7-16(8-26(59-2)32(25)51)3-6-30(49)60-14-28-33(52)35(54)38(57)41(65-28)62-15-29-34(53)36(55)40(67-42-37(56)31(50)23(48)13-61-42)43(66-29)64-27-12-19-21(46)10-18(44)11-24(19)63-39(27)17-4-5-20(45)22(47)9-17/h3,6,16-29,31-48,50-57H,4-5,7-15H2,1-2H3/p+1/t16?,17?,18?,19?,20?,21?,22?,23-,24?,25?,26?,27?,28-,29-,31+,32?,33-,34+,35+,36+,37-,38-,39?,40-,41-,42+,43-/m1/s1. The zero-order valence-corrected chi connectivity index (χ0v) is 37.4. The summed E-state index contributed by atoms with van der Waals surface area (Å²) in [5.74, 6) is -1.88. The fourth-order valence-corrected chi connectivity index (χ4v) is 10.7. The molecule has 14 N–H and O–H groups in total. The number of allylic oxidation sites excluding steroid dienone is 1. The van der Waals surface area contributed by atoms with E-state index < -0.39 is 179 Å². The first-order valence-electron chi connectivity index (χ1n) is 23.2. The molecule has 25 atom stereocenters. The minimum absolute atomic E-state index is 0.0861. The summed E-state index contributed by atoms with van der Waals surface area (Å²) in [4.78, 5) is 12.8. The van der Waals surface area contributed by atoms with Crippen molar-refractivity contribution in [2.24, 2.45) is 17.8 Å². The summed E-state index contributed by atoms with van der Waals surface area (Å²) < 4.78 is 56.8. The van der Waals surface area contributed by atoms with Crippen LogP contribution in [-0.4, -0.2) is 258 Å². The quantitative estimate of drug-likeness (QED) is 0.0437. The van der Waals surface area contributed by atoms with Gasteiger partial charge in [-0.25, -0.2) is 4.79 Å². The van der Waals surface area contributed by atoms with Gasteiger partial charge in [-0.15, -0.1) is 0 Å². The van der Waals surface area contributed by atoms with E-state index in [1.54, 1.807) is 6.08 Å². The number of hydrogen-bond donors (Lipinski definition) is 13. The van der Waals surface area contributed by atoms with Gasteiger partial charge in [-0.2, -0.15) is 0 Å². The van der Waals surface area contributed by atoms with Crippen LogP contribution in [0, 0.1) is 17.8 Å². The molecule has 0 spiro atoms. The number of hydrogen-bond acceptors (Lipinski definition) is 23. The second-order valence-electron chi connectivity index (χ2n) is 19.2. The molecule has 7 rings (SSSR count). The van der Waals surface area contributed by atoms with Crippen LogP contribution in [-0.2, 0) is 47.4 Å². The summed E-state index contributed by atoms with van der Waals surface area (Å²) in [7, 11) is 2.92. The van der Waals surface area contributed by atoms with Crippen molar-refractivity contribution in [3.63, 3.8) is 0 Å². The lowest BCUT2D eigenvalue weighted by molar-refractivity contribution is -0.385. The van der Waals surface area contributed by atoms with Crippen molar-refractivity contribution in [1.82, 2.24) is 0 Å². The van der Waals surface area contributed by atoms with Crippen LogP contribution in [0.5, 0.6) is 0 Å². The molecule has 0 aromatic carbocycles. The Morgan fingerprint density at radius 1 is 0.597 bits per heavy atom. The van der Waals surface area contributed by atoms with Crippen LogP contribution in [0.2, 0.25) is 0 Å². The van der Waals surface area contributed by atoms with E-state index in [9.17, 15) is 71.2 Å². The Kier molecular flexibility index (Phi) is 18.4. The topological polar surface area (TPSA) is 376 Å². The molecule has 7 fully saturated rings. The fraction of sp³-hybridized carbons (Fsp3) is 0.930. The van der Waals surface area contributed by atoms with Gasteiger partial charge in [0.15, 0.2) is 31.1 Å². The minimum Gasteiger partial charge on any atom is -0.460 e. The molecular weight excluding hydrogens is 900 g/mol. The van der Waals surface area contributed by atoms with Crippen LogP contribution in [0.1, 0.15) is 51.4 Å². The average molecular weight is 972 g/mol. The highest BCUT2D eigenvalue weighted by atomic mass is 16.8. The molecule has 24 heteroatoms. The van der Waals surface area contributed by atoms with Crippen LogP contribution in [0.25, 0.3) is 0 Å². The van der Waals surface area contributed by atoms with E-state index in [2.05, 4.69) is 0 Å². The Labute approximate surface area is 386 Å². The summed E-state index contributed by atoms with van der Waals surface area (Å²) in [6.07, 6.45) is -26.9. The zero-order chi connectivity index (χ0) is 48.4. The van der Waals surface area contributed by atoms with Gasteiger partial charge in [0, 0.05) is 39.1 Å². The Morgan fingerprint density at radius 3 is 1.94 bits per heavy atom. The van der Waals surface area contributed by atoms with Gasteiger partial charge in [0.2, 0.25) is 0 Å². The highest BCUT2D eigenvalue weighted by Crippen LogP contribution is 2.43. The first-order valence-corrected chi connectivity index (χ1v) is 23.2. The summed E-state index contributed by atoms with van der Waals surface area (Å²) >= 11 is 0. The van der Waals surface area contributed by atoms with Crippen molar-refractivity contribution in [2.75, 3.05) is 34.0 Å². The molecule has 4 heterocycles. The summed E-state index contributed by atoms with van der Waals surface area (Å²) in [6, 6.07) is 0. The van der Waals surface area contributed by atoms with Gasteiger partial charge >= 0.3 is 5.97 Å². The number of rotatable bonds is 14.